The van der Waals surface area contributed by atoms with Gasteiger partial charge in [0.15, 0.2) is 0 Å². The van der Waals surface area contributed by atoms with Crippen LogP contribution in [0.25, 0.3) is 0 Å². The van der Waals surface area contributed by atoms with E-state index in [0.717, 1.165) is 12.8 Å². The van der Waals surface area contributed by atoms with Crippen molar-refractivity contribution in [2.24, 2.45) is 5.73 Å². The first-order valence-electron chi connectivity index (χ1n) is 5.34. The van der Waals surface area contributed by atoms with Crippen LogP contribution in [0.15, 0.2) is 0 Å². The third-order valence-corrected chi connectivity index (χ3v) is 3.24. The quantitative estimate of drug-likeness (QED) is 0.484. The van der Waals surface area contributed by atoms with E-state index in [1.165, 1.54) is 18.9 Å². The second kappa shape index (κ2) is 6.75. The fourth-order valence-corrected chi connectivity index (χ4v) is 1.98. The molecule has 0 aromatic heterocycles. The molecule has 0 aliphatic heterocycles. The van der Waals surface area contributed by atoms with Crippen molar-refractivity contribution >= 4 is 23.6 Å². The summed E-state index contributed by atoms with van der Waals surface area (Å²) in [6, 6.07) is -0.172. The molecule has 1 amide bonds. The Labute approximate surface area is 99.5 Å². The predicted octanol–water partition coefficient (Wildman–Crippen LogP) is -0.111. The van der Waals surface area contributed by atoms with E-state index in [1.54, 1.807) is 0 Å². The summed E-state index contributed by atoms with van der Waals surface area (Å²) in [5.74, 6) is 0.792. The summed E-state index contributed by atoms with van der Waals surface area (Å²) in [5.41, 5.74) is 5.55. The molecule has 92 valence electrons. The van der Waals surface area contributed by atoms with Gasteiger partial charge >= 0.3 is 5.97 Å². The third kappa shape index (κ3) is 5.37. The summed E-state index contributed by atoms with van der Waals surface area (Å²) >= 11 is 1.49. The maximum absolute atomic E-state index is 11.3. The van der Waals surface area contributed by atoms with E-state index >= 15 is 0 Å². The van der Waals surface area contributed by atoms with Crippen molar-refractivity contribution in [3.8, 4) is 0 Å². The number of rotatable bonds is 7. The van der Waals surface area contributed by atoms with Gasteiger partial charge in [-0.2, -0.15) is 11.8 Å². The second-order valence-electron chi connectivity index (χ2n) is 3.81. The normalized spacial score (nSPS) is 16.6. The molecule has 0 aromatic carbocycles. The lowest BCUT2D eigenvalue weighted by Crippen LogP contribution is -2.32. The van der Waals surface area contributed by atoms with Crippen LogP contribution in [-0.2, 0) is 14.3 Å². The number of carbonyl (C=O) groups is 2. The molecule has 1 atom stereocenters. The molecular weight excluding hydrogens is 228 g/mol. The average Bonchev–Trinajstić information content (AvgIpc) is 3.06. The van der Waals surface area contributed by atoms with Gasteiger partial charge in [0, 0.05) is 6.04 Å². The third-order valence-electron chi connectivity index (χ3n) is 2.25. The highest BCUT2D eigenvalue weighted by molar-refractivity contribution is 7.99. The van der Waals surface area contributed by atoms with Crippen LogP contribution in [-0.4, -0.2) is 42.6 Å². The summed E-state index contributed by atoms with van der Waals surface area (Å²) in [6.45, 7) is 0. The van der Waals surface area contributed by atoms with Gasteiger partial charge in [-0.25, -0.2) is 0 Å². The van der Waals surface area contributed by atoms with E-state index in [9.17, 15) is 9.59 Å². The van der Waals surface area contributed by atoms with E-state index in [4.69, 9.17) is 5.73 Å². The number of nitrogens with two attached hydrogens (primary N) is 1. The lowest BCUT2D eigenvalue weighted by Gasteiger charge is -2.08. The van der Waals surface area contributed by atoms with Gasteiger partial charge in [0.25, 0.3) is 0 Å². The fourth-order valence-electron chi connectivity index (χ4n) is 1.14. The molecule has 0 saturated heterocycles. The Morgan fingerprint density at radius 2 is 2.25 bits per heavy atom. The Kier molecular flexibility index (Phi) is 5.62. The maximum atomic E-state index is 11.3. The molecule has 1 aliphatic carbocycles. The molecular formula is C10H18N2O3S. The van der Waals surface area contributed by atoms with E-state index in [-0.39, 0.29) is 5.91 Å². The van der Waals surface area contributed by atoms with Crippen LogP contribution in [0.2, 0.25) is 0 Å². The van der Waals surface area contributed by atoms with Crippen LogP contribution in [0.1, 0.15) is 19.3 Å². The van der Waals surface area contributed by atoms with Crippen molar-refractivity contribution in [3.05, 3.63) is 0 Å². The van der Waals surface area contributed by atoms with Crippen molar-refractivity contribution in [1.29, 1.82) is 0 Å². The minimum absolute atomic E-state index is 0.0686. The van der Waals surface area contributed by atoms with Crippen molar-refractivity contribution in [2.75, 3.05) is 18.6 Å². The van der Waals surface area contributed by atoms with Gasteiger partial charge < -0.3 is 15.8 Å². The van der Waals surface area contributed by atoms with Gasteiger partial charge in [-0.05, 0) is 25.0 Å². The maximum Gasteiger partial charge on any atom is 0.322 e. The Hall–Kier alpha value is -0.750. The molecule has 1 saturated carbocycles. The predicted molar refractivity (Wildman–Crippen MR) is 63.1 cm³/mol. The lowest BCUT2D eigenvalue weighted by atomic mass is 10.2. The summed E-state index contributed by atoms with van der Waals surface area (Å²) in [6.07, 6.45) is 2.74. The van der Waals surface area contributed by atoms with Crippen LogP contribution in [0, 0.1) is 0 Å². The van der Waals surface area contributed by atoms with Gasteiger partial charge in [0.1, 0.15) is 6.04 Å². The molecule has 16 heavy (non-hydrogen) atoms. The SMILES string of the molecule is COC(=O)C(N)CCSCC(=O)NC1CC1. The second-order valence-corrected chi connectivity index (χ2v) is 4.92. The first-order valence-corrected chi connectivity index (χ1v) is 6.49. The van der Waals surface area contributed by atoms with Gasteiger partial charge in [-0.1, -0.05) is 0 Å². The molecule has 6 heteroatoms. The number of ether oxygens (including phenoxy) is 1. The highest BCUT2D eigenvalue weighted by atomic mass is 32.2. The smallest absolute Gasteiger partial charge is 0.322 e. The minimum atomic E-state index is -0.580. The van der Waals surface area contributed by atoms with Crippen LogP contribution < -0.4 is 11.1 Å². The first-order chi connectivity index (χ1) is 7.63. The molecule has 1 unspecified atom stereocenters. The summed E-state index contributed by atoms with van der Waals surface area (Å²) in [7, 11) is 1.32. The number of thioether (sulfide) groups is 1. The Morgan fingerprint density at radius 3 is 2.81 bits per heavy atom. The molecule has 0 bridgehead atoms. The van der Waals surface area contributed by atoms with E-state index in [0.29, 0.717) is 24.0 Å². The standard InChI is InChI=1S/C10H18N2O3S/c1-15-10(14)8(11)4-5-16-6-9(13)12-7-2-3-7/h7-8H,2-6,11H2,1H3,(H,12,13). The number of nitrogens with one attached hydrogen (secondary N) is 1. The lowest BCUT2D eigenvalue weighted by molar-refractivity contribution is -0.142. The highest BCUT2D eigenvalue weighted by Gasteiger charge is 2.22. The number of methoxy groups -OCH3 is 1. The minimum Gasteiger partial charge on any atom is -0.468 e. The zero-order chi connectivity index (χ0) is 12.0. The van der Waals surface area contributed by atoms with Crippen molar-refractivity contribution < 1.29 is 14.3 Å². The van der Waals surface area contributed by atoms with Gasteiger partial charge in [0.2, 0.25) is 5.91 Å². The highest BCUT2D eigenvalue weighted by Crippen LogP contribution is 2.18. The molecule has 3 N–H and O–H groups in total. The summed E-state index contributed by atoms with van der Waals surface area (Å²) in [5, 5.41) is 2.89. The van der Waals surface area contributed by atoms with Gasteiger partial charge in [-0.15, -0.1) is 0 Å². The average molecular weight is 246 g/mol. The number of carbonyl (C=O) groups excluding carboxylic acids is 2. The van der Waals surface area contributed by atoms with Crippen LogP contribution in [0.5, 0.6) is 0 Å². The molecule has 1 fully saturated rings. The molecule has 0 aromatic rings. The summed E-state index contributed by atoms with van der Waals surface area (Å²) in [4.78, 5) is 22.2. The van der Waals surface area contributed by atoms with E-state index < -0.39 is 12.0 Å². The summed E-state index contributed by atoms with van der Waals surface area (Å²) < 4.78 is 4.50. The topological polar surface area (TPSA) is 81.4 Å². The van der Waals surface area contributed by atoms with Crippen molar-refractivity contribution in [3.63, 3.8) is 0 Å². The molecule has 0 spiro atoms. The largest absolute Gasteiger partial charge is 0.468 e. The fraction of sp³-hybridized carbons (Fsp3) is 0.800. The molecule has 0 radical (unpaired) electrons. The molecule has 5 nitrogen and oxygen atoms in total. The van der Waals surface area contributed by atoms with Crippen LogP contribution in [0.3, 0.4) is 0 Å². The zero-order valence-electron chi connectivity index (χ0n) is 9.40. The van der Waals surface area contributed by atoms with E-state index in [1.807, 2.05) is 0 Å². The number of amides is 1. The monoisotopic (exact) mass is 246 g/mol. The Balaban J connectivity index is 1.97. The number of esters is 1. The number of hydrogen-bond acceptors (Lipinski definition) is 5. The first kappa shape index (κ1) is 13.3. The van der Waals surface area contributed by atoms with Gasteiger partial charge in [-0.3, -0.25) is 9.59 Å². The van der Waals surface area contributed by atoms with Crippen LogP contribution in [0.4, 0.5) is 0 Å². The number of hydrogen-bond donors (Lipinski definition) is 2. The van der Waals surface area contributed by atoms with Gasteiger partial charge in [0.05, 0.1) is 12.9 Å². The Morgan fingerprint density at radius 1 is 1.56 bits per heavy atom. The zero-order valence-corrected chi connectivity index (χ0v) is 10.2. The Bertz CT molecular complexity index is 256. The van der Waals surface area contributed by atoms with Crippen LogP contribution >= 0.6 is 11.8 Å². The molecule has 1 rings (SSSR count). The molecule has 0 heterocycles. The van der Waals surface area contributed by atoms with E-state index in [2.05, 4.69) is 10.1 Å². The molecule has 1 aliphatic rings. The van der Waals surface area contributed by atoms with Crippen molar-refractivity contribution in [1.82, 2.24) is 5.32 Å². The van der Waals surface area contributed by atoms with Crippen molar-refractivity contribution in [2.45, 2.75) is 31.3 Å².